The summed E-state index contributed by atoms with van der Waals surface area (Å²) < 4.78 is 5.36. The Morgan fingerprint density at radius 1 is 1.48 bits per heavy atom. The van der Waals surface area contributed by atoms with Gasteiger partial charge >= 0.3 is 6.03 Å². The number of fused-ring (bicyclic) bond motifs is 1. The Hall–Kier alpha value is -1.56. The third-order valence-electron chi connectivity index (χ3n) is 5.09. The van der Waals surface area contributed by atoms with Gasteiger partial charge in [-0.15, -0.1) is 0 Å². The van der Waals surface area contributed by atoms with E-state index in [0.29, 0.717) is 23.8 Å². The van der Waals surface area contributed by atoms with Crippen molar-refractivity contribution in [2.45, 2.75) is 31.7 Å². The number of rotatable bonds is 2. The zero-order valence-electron chi connectivity index (χ0n) is 12.3. The van der Waals surface area contributed by atoms with Crippen molar-refractivity contribution in [1.82, 2.24) is 20.4 Å². The standard InChI is InChI=1S/C15H22N4O2/c1-9-5-13(18-17-9)10-3-2-4-19(6-10)15(20)16-14-11-7-21-8-12(11)14/h5,10-12,14H,2-4,6-8H2,1H3,(H,16,20)(H,17,18)/t10?,11-,12+,14?. The van der Waals surface area contributed by atoms with Gasteiger partial charge in [-0.2, -0.15) is 5.10 Å². The minimum absolute atomic E-state index is 0.0892. The molecule has 2 amide bonds. The number of likely N-dealkylation sites (tertiary alicyclic amines) is 1. The number of piperidine rings is 1. The molecule has 0 aromatic carbocycles. The summed E-state index contributed by atoms with van der Waals surface area (Å²) in [6.45, 7) is 5.26. The first-order valence-corrected chi connectivity index (χ1v) is 7.87. The van der Waals surface area contributed by atoms with Crippen LogP contribution in [-0.4, -0.2) is 53.5 Å². The lowest BCUT2D eigenvalue weighted by molar-refractivity contribution is 0.149. The molecule has 1 saturated carbocycles. The van der Waals surface area contributed by atoms with E-state index in [1.165, 1.54) is 0 Å². The lowest BCUT2D eigenvalue weighted by Crippen LogP contribution is -2.46. The van der Waals surface area contributed by atoms with Crippen LogP contribution in [0, 0.1) is 18.8 Å². The van der Waals surface area contributed by atoms with Crippen LogP contribution in [0.15, 0.2) is 6.07 Å². The van der Waals surface area contributed by atoms with Gasteiger partial charge in [-0.3, -0.25) is 5.10 Å². The number of urea groups is 1. The molecule has 4 atom stereocenters. The molecule has 3 fully saturated rings. The number of aryl methyl sites for hydroxylation is 1. The predicted molar refractivity (Wildman–Crippen MR) is 77.0 cm³/mol. The van der Waals surface area contributed by atoms with Crippen molar-refractivity contribution in [2.75, 3.05) is 26.3 Å². The molecule has 0 radical (unpaired) electrons. The molecule has 2 N–H and O–H groups in total. The number of ether oxygens (including phenoxy) is 1. The first kappa shape index (κ1) is 13.1. The molecule has 114 valence electrons. The Morgan fingerprint density at radius 3 is 3.00 bits per heavy atom. The van der Waals surface area contributed by atoms with E-state index in [2.05, 4.69) is 21.6 Å². The Bertz CT molecular complexity index is 534. The fourth-order valence-electron chi connectivity index (χ4n) is 3.74. The van der Waals surface area contributed by atoms with Crippen LogP contribution in [0.2, 0.25) is 0 Å². The van der Waals surface area contributed by atoms with E-state index in [1.54, 1.807) is 0 Å². The quantitative estimate of drug-likeness (QED) is 0.861. The number of aromatic amines is 1. The first-order valence-electron chi connectivity index (χ1n) is 7.87. The fourth-order valence-corrected chi connectivity index (χ4v) is 3.74. The Morgan fingerprint density at radius 2 is 2.29 bits per heavy atom. The summed E-state index contributed by atoms with van der Waals surface area (Å²) in [4.78, 5) is 14.4. The Labute approximate surface area is 124 Å². The second kappa shape index (κ2) is 5.02. The molecular formula is C15H22N4O2. The van der Waals surface area contributed by atoms with Gasteiger partial charge in [-0.05, 0) is 25.8 Å². The van der Waals surface area contributed by atoms with Crippen molar-refractivity contribution in [3.8, 4) is 0 Å². The summed E-state index contributed by atoms with van der Waals surface area (Å²) >= 11 is 0. The molecule has 2 unspecified atom stereocenters. The summed E-state index contributed by atoms with van der Waals surface area (Å²) in [6.07, 6.45) is 2.15. The predicted octanol–water partition coefficient (Wildman–Crippen LogP) is 1.25. The molecule has 2 aliphatic heterocycles. The maximum Gasteiger partial charge on any atom is 0.317 e. The van der Waals surface area contributed by atoms with Crippen molar-refractivity contribution >= 4 is 6.03 Å². The van der Waals surface area contributed by atoms with E-state index < -0.39 is 0 Å². The normalized spacial score (nSPS) is 34.6. The van der Waals surface area contributed by atoms with Gasteiger partial charge in [0.15, 0.2) is 0 Å². The van der Waals surface area contributed by atoms with Gasteiger partial charge in [-0.25, -0.2) is 4.79 Å². The molecule has 21 heavy (non-hydrogen) atoms. The molecule has 1 aromatic rings. The number of H-pyrrole nitrogens is 1. The third-order valence-corrected chi connectivity index (χ3v) is 5.09. The van der Waals surface area contributed by atoms with Crippen molar-refractivity contribution in [3.05, 3.63) is 17.5 Å². The van der Waals surface area contributed by atoms with Crippen LogP contribution < -0.4 is 5.32 Å². The molecule has 3 heterocycles. The van der Waals surface area contributed by atoms with Gasteiger partial charge in [0.1, 0.15) is 0 Å². The molecule has 6 heteroatoms. The van der Waals surface area contributed by atoms with Gasteiger partial charge in [0, 0.05) is 42.6 Å². The maximum absolute atomic E-state index is 12.4. The van der Waals surface area contributed by atoms with Crippen LogP contribution in [0.4, 0.5) is 4.79 Å². The summed E-state index contributed by atoms with van der Waals surface area (Å²) in [7, 11) is 0. The number of hydrogen-bond acceptors (Lipinski definition) is 3. The number of carbonyl (C=O) groups is 1. The van der Waals surface area contributed by atoms with Crippen LogP contribution in [0.3, 0.4) is 0 Å². The molecule has 0 spiro atoms. The Balaban J connectivity index is 1.35. The minimum Gasteiger partial charge on any atom is -0.381 e. The highest BCUT2D eigenvalue weighted by Crippen LogP contribution is 2.44. The zero-order chi connectivity index (χ0) is 14.4. The SMILES string of the molecule is Cc1cc(C2CCCN(C(=O)NC3[C@H]4COC[C@@H]34)C2)n[nH]1. The highest BCUT2D eigenvalue weighted by Gasteiger charge is 2.55. The average Bonchev–Trinajstić information content (AvgIpc) is 2.91. The minimum atomic E-state index is 0.0892. The van der Waals surface area contributed by atoms with Gasteiger partial charge < -0.3 is 15.0 Å². The number of aromatic nitrogens is 2. The van der Waals surface area contributed by atoms with E-state index >= 15 is 0 Å². The first-order chi connectivity index (χ1) is 10.2. The lowest BCUT2D eigenvalue weighted by Gasteiger charge is -2.32. The van der Waals surface area contributed by atoms with Gasteiger partial charge in [0.2, 0.25) is 0 Å². The van der Waals surface area contributed by atoms with Crippen LogP contribution in [0.1, 0.15) is 30.1 Å². The van der Waals surface area contributed by atoms with Crippen LogP contribution in [0.25, 0.3) is 0 Å². The van der Waals surface area contributed by atoms with E-state index in [9.17, 15) is 4.79 Å². The summed E-state index contributed by atoms with van der Waals surface area (Å²) in [6, 6.07) is 2.53. The summed E-state index contributed by atoms with van der Waals surface area (Å²) in [5, 5.41) is 10.5. The third kappa shape index (κ3) is 2.41. The zero-order valence-corrected chi connectivity index (χ0v) is 12.3. The number of carbonyl (C=O) groups excluding carboxylic acids is 1. The average molecular weight is 290 g/mol. The van der Waals surface area contributed by atoms with Crippen molar-refractivity contribution in [1.29, 1.82) is 0 Å². The van der Waals surface area contributed by atoms with E-state index in [0.717, 1.165) is 50.5 Å². The van der Waals surface area contributed by atoms with Crippen molar-refractivity contribution < 1.29 is 9.53 Å². The van der Waals surface area contributed by atoms with Gasteiger partial charge in [-0.1, -0.05) is 0 Å². The molecule has 3 aliphatic rings. The highest BCUT2D eigenvalue weighted by atomic mass is 16.5. The van der Waals surface area contributed by atoms with E-state index in [-0.39, 0.29) is 6.03 Å². The summed E-state index contributed by atoms with van der Waals surface area (Å²) in [5.41, 5.74) is 2.17. The molecule has 4 rings (SSSR count). The second-order valence-corrected chi connectivity index (χ2v) is 6.60. The van der Waals surface area contributed by atoms with Crippen molar-refractivity contribution in [2.24, 2.45) is 11.8 Å². The molecule has 0 bridgehead atoms. The largest absolute Gasteiger partial charge is 0.381 e. The molecule has 6 nitrogen and oxygen atoms in total. The number of nitrogens with one attached hydrogen (secondary N) is 2. The van der Waals surface area contributed by atoms with Gasteiger partial charge in [0.25, 0.3) is 0 Å². The maximum atomic E-state index is 12.4. The molecular weight excluding hydrogens is 268 g/mol. The lowest BCUT2D eigenvalue weighted by atomic mass is 9.95. The van der Waals surface area contributed by atoms with E-state index in [4.69, 9.17) is 4.74 Å². The number of amides is 2. The highest BCUT2D eigenvalue weighted by molar-refractivity contribution is 5.75. The monoisotopic (exact) mass is 290 g/mol. The van der Waals surface area contributed by atoms with E-state index in [1.807, 2.05) is 11.8 Å². The smallest absolute Gasteiger partial charge is 0.317 e. The fraction of sp³-hybridized carbons (Fsp3) is 0.733. The van der Waals surface area contributed by atoms with Crippen molar-refractivity contribution in [3.63, 3.8) is 0 Å². The number of nitrogens with zero attached hydrogens (tertiary/aromatic N) is 2. The van der Waals surface area contributed by atoms with Crippen LogP contribution >= 0.6 is 0 Å². The topological polar surface area (TPSA) is 70.2 Å². The summed E-state index contributed by atoms with van der Waals surface area (Å²) in [5.74, 6) is 1.48. The Kier molecular flexibility index (Phi) is 3.14. The second-order valence-electron chi connectivity index (χ2n) is 6.60. The molecule has 1 aliphatic carbocycles. The number of hydrogen-bond donors (Lipinski definition) is 2. The van der Waals surface area contributed by atoms with Crippen LogP contribution in [0.5, 0.6) is 0 Å². The van der Waals surface area contributed by atoms with Crippen LogP contribution in [-0.2, 0) is 4.74 Å². The van der Waals surface area contributed by atoms with Gasteiger partial charge in [0.05, 0.1) is 18.9 Å². The molecule has 2 saturated heterocycles. The molecule has 1 aromatic heterocycles.